The molecule has 1 aromatic carbocycles. The molecular weight excluding hydrogens is 336 g/mol. The van der Waals surface area contributed by atoms with Gasteiger partial charge < -0.3 is 15.2 Å². The Labute approximate surface area is 151 Å². The number of likely N-dealkylation sites (tertiary alicyclic amines) is 1. The fourth-order valence-corrected chi connectivity index (χ4v) is 4.60. The maximum Gasteiger partial charge on any atom is 0.234 e. The molecule has 25 heavy (non-hydrogen) atoms. The van der Waals surface area contributed by atoms with Crippen molar-refractivity contribution >= 4 is 17.2 Å². The Morgan fingerprint density at radius 1 is 1.36 bits per heavy atom. The van der Waals surface area contributed by atoms with E-state index in [0.29, 0.717) is 26.2 Å². The van der Waals surface area contributed by atoms with Crippen LogP contribution in [0.25, 0.3) is 0 Å². The third-order valence-corrected chi connectivity index (χ3v) is 6.13. The average Bonchev–Trinajstić information content (AvgIpc) is 3.27. The van der Waals surface area contributed by atoms with Crippen LogP contribution in [-0.2, 0) is 11.3 Å². The highest BCUT2D eigenvalue weighted by Gasteiger charge is 2.50. The quantitative estimate of drug-likeness (QED) is 0.856. The number of fused-ring (bicyclic) bond motifs is 3. The molecule has 0 aliphatic carbocycles. The number of ether oxygens (including phenoxy) is 1. The molecule has 1 aromatic heterocycles. The summed E-state index contributed by atoms with van der Waals surface area (Å²) in [5.74, 6) is 1.13. The molecule has 2 aliphatic rings. The van der Waals surface area contributed by atoms with Crippen LogP contribution in [-0.4, -0.2) is 48.8 Å². The molecule has 0 spiro atoms. The summed E-state index contributed by atoms with van der Waals surface area (Å²) in [6.45, 7) is 2.94. The van der Waals surface area contributed by atoms with E-state index < -0.39 is 0 Å². The van der Waals surface area contributed by atoms with Gasteiger partial charge in [0.15, 0.2) is 0 Å². The van der Waals surface area contributed by atoms with E-state index in [2.05, 4.69) is 16.3 Å². The molecule has 0 saturated carbocycles. The van der Waals surface area contributed by atoms with Crippen molar-refractivity contribution in [2.24, 2.45) is 5.41 Å². The number of carbonyl (C=O) groups excluding carboxylic acids is 1. The van der Waals surface area contributed by atoms with Crippen LogP contribution in [0.15, 0.2) is 41.8 Å². The lowest BCUT2D eigenvalue weighted by molar-refractivity contribution is -0.122. The van der Waals surface area contributed by atoms with E-state index in [-0.39, 0.29) is 23.8 Å². The Bertz CT molecular complexity index is 749. The minimum atomic E-state index is -0.317. The number of aliphatic hydroxyl groups is 1. The van der Waals surface area contributed by atoms with Gasteiger partial charge in [0.2, 0.25) is 5.91 Å². The first-order valence-corrected chi connectivity index (χ1v) is 9.42. The summed E-state index contributed by atoms with van der Waals surface area (Å²) in [4.78, 5) is 15.6. The average molecular weight is 358 g/mol. The topological polar surface area (TPSA) is 61.8 Å². The molecule has 132 valence electrons. The van der Waals surface area contributed by atoms with Gasteiger partial charge in [-0.25, -0.2) is 0 Å². The highest BCUT2D eigenvalue weighted by atomic mass is 32.1. The van der Waals surface area contributed by atoms with Gasteiger partial charge in [-0.05, 0) is 23.1 Å². The van der Waals surface area contributed by atoms with Crippen LogP contribution < -0.4 is 10.1 Å². The van der Waals surface area contributed by atoms with Gasteiger partial charge in [0.05, 0.1) is 26.3 Å². The third-order valence-electron chi connectivity index (χ3n) is 5.25. The SMILES string of the molecule is O=C(CN1C[C@@H]2c3ccccc3OC[C@]2(CO)C1)NCc1cccs1. The summed E-state index contributed by atoms with van der Waals surface area (Å²) >= 11 is 1.64. The van der Waals surface area contributed by atoms with E-state index in [0.717, 1.165) is 22.7 Å². The predicted molar refractivity (Wildman–Crippen MR) is 96.8 cm³/mol. The van der Waals surface area contributed by atoms with Gasteiger partial charge in [-0.3, -0.25) is 9.69 Å². The fraction of sp³-hybridized carbons (Fsp3) is 0.421. The molecule has 2 aromatic rings. The lowest BCUT2D eigenvalue weighted by atomic mass is 9.74. The van der Waals surface area contributed by atoms with Gasteiger partial charge >= 0.3 is 0 Å². The Morgan fingerprint density at radius 3 is 3.04 bits per heavy atom. The normalized spacial score (nSPS) is 25.1. The first-order chi connectivity index (χ1) is 12.2. The molecule has 2 atom stereocenters. The highest BCUT2D eigenvalue weighted by molar-refractivity contribution is 7.09. The van der Waals surface area contributed by atoms with E-state index in [1.165, 1.54) is 0 Å². The van der Waals surface area contributed by atoms with Crippen LogP contribution >= 0.6 is 11.3 Å². The number of nitrogens with one attached hydrogen (secondary N) is 1. The van der Waals surface area contributed by atoms with Crippen molar-refractivity contribution in [2.45, 2.75) is 12.5 Å². The maximum atomic E-state index is 12.3. The van der Waals surface area contributed by atoms with Crippen molar-refractivity contribution in [1.82, 2.24) is 10.2 Å². The molecule has 2 aliphatic heterocycles. The number of rotatable bonds is 5. The lowest BCUT2D eigenvalue weighted by Gasteiger charge is -2.38. The zero-order chi connectivity index (χ0) is 17.3. The molecule has 1 fully saturated rings. The molecule has 0 radical (unpaired) electrons. The molecular formula is C19H22N2O3S. The van der Waals surface area contributed by atoms with Crippen molar-refractivity contribution in [1.29, 1.82) is 0 Å². The summed E-state index contributed by atoms with van der Waals surface area (Å²) in [6, 6.07) is 12.0. The van der Waals surface area contributed by atoms with Crippen molar-refractivity contribution in [3.8, 4) is 5.75 Å². The smallest absolute Gasteiger partial charge is 0.234 e. The Kier molecular flexibility index (Phi) is 4.50. The van der Waals surface area contributed by atoms with Crippen LogP contribution in [0.1, 0.15) is 16.4 Å². The second-order valence-corrected chi connectivity index (χ2v) is 7.96. The number of para-hydroxylation sites is 1. The van der Waals surface area contributed by atoms with E-state index in [1.807, 2.05) is 35.7 Å². The number of aliphatic hydroxyl groups excluding tert-OH is 1. The van der Waals surface area contributed by atoms with Gasteiger partial charge in [0, 0.05) is 29.3 Å². The van der Waals surface area contributed by atoms with Crippen molar-refractivity contribution in [3.63, 3.8) is 0 Å². The van der Waals surface area contributed by atoms with Crippen LogP contribution in [0.2, 0.25) is 0 Å². The molecule has 5 nitrogen and oxygen atoms in total. The zero-order valence-electron chi connectivity index (χ0n) is 14.0. The number of carbonyl (C=O) groups is 1. The standard InChI is InChI=1S/C19H22N2O3S/c22-12-19-11-21(10-18(23)20-8-14-4-3-7-25-14)9-16(19)15-5-1-2-6-17(15)24-13-19/h1-7,16,22H,8-13H2,(H,20,23)/t16-,19-/m1/s1. The van der Waals surface area contributed by atoms with Crippen molar-refractivity contribution < 1.29 is 14.6 Å². The first-order valence-electron chi connectivity index (χ1n) is 8.54. The van der Waals surface area contributed by atoms with Crippen LogP contribution in [0.4, 0.5) is 0 Å². The summed E-state index contributed by atoms with van der Waals surface area (Å²) in [7, 11) is 0. The molecule has 1 amide bonds. The minimum absolute atomic E-state index is 0.0225. The summed E-state index contributed by atoms with van der Waals surface area (Å²) in [5, 5.41) is 15.0. The predicted octanol–water partition coefficient (Wildman–Crippen LogP) is 1.83. The van der Waals surface area contributed by atoms with E-state index in [9.17, 15) is 9.90 Å². The highest BCUT2D eigenvalue weighted by Crippen LogP contribution is 2.49. The Hall–Kier alpha value is -1.89. The summed E-state index contributed by atoms with van der Waals surface area (Å²) < 4.78 is 5.90. The number of hydrogen-bond acceptors (Lipinski definition) is 5. The number of benzene rings is 1. The van der Waals surface area contributed by atoms with E-state index in [4.69, 9.17) is 4.74 Å². The Morgan fingerprint density at radius 2 is 2.24 bits per heavy atom. The lowest BCUT2D eigenvalue weighted by Crippen LogP contribution is -2.43. The molecule has 2 N–H and O–H groups in total. The second kappa shape index (κ2) is 6.78. The fourth-order valence-electron chi connectivity index (χ4n) is 3.95. The summed E-state index contributed by atoms with van der Waals surface area (Å²) in [5.41, 5.74) is 0.826. The second-order valence-electron chi connectivity index (χ2n) is 6.93. The molecule has 3 heterocycles. The largest absolute Gasteiger partial charge is 0.493 e. The minimum Gasteiger partial charge on any atom is -0.493 e. The molecule has 4 rings (SSSR count). The third kappa shape index (κ3) is 3.17. The van der Waals surface area contributed by atoms with Crippen LogP contribution in [0.3, 0.4) is 0 Å². The van der Waals surface area contributed by atoms with Gasteiger partial charge in [-0.2, -0.15) is 0 Å². The number of nitrogens with zero attached hydrogens (tertiary/aromatic N) is 1. The van der Waals surface area contributed by atoms with Gasteiger partial charge in [0.25, 0.3) is 0 Å². The molecule has 6 heteroatoms. The van der Waals surface area contributed by atoms with E-state index in [1.54, 1.807) is 11.3 Å². The first kappa shape index (κ1) is 16.6. The van der Waals surface area contributed by atoms with Gasteiger partial charge in [-0.15, -0.1) is 11.3 Å². The number of thiophene rings is 1. The van der Waals surface area contributed by atoms with Crippen molar-refractivity contribution in [3.05, 3.63) is 52.2 Å². The summed E-state index contributed by atoms with van der Waals surface area (Å²) in [6.07, 6.45) is 0. The van der Waals surface area contributed by atoms with Gasteiger partial charge in [0.1, 0.15) is 5.75 Å². The number of hydrogen-bond donors (Lipinski definition) is 2. The zero-order valence-corrected chi connectivity index (χ0v) is 14.8. The van der Waals surface area contributed by atoms with E-state index >= 15 is 0 Å². The Balaban J connectivity index is 1.43. The molecule has 1 saturated heterocycles. The van der Waals surface area contributed by atoms with Crippen molar-refractivity contribution in [2.75, 3.05) is 32.8 Å². The number of amides is 1. The molecule has 0 unspecified atom stereocenters. The van der Waals surface area contributed by atoms with Gasteiger partial charge in [-0.1, -0.05) is 24.3 Å². The van der Waals surface area contributed by atoms with Crippen LogP contribution in [0.5, 0.6) is 5.75 Å². The monoisotopic (exact) mass is 358 g/mol. The molecule has 0 bridgehead atoms. The maximum absolute atomic E-state index is 12.3. The van der Waals surface area contributed by atoms with Crippen LogP contribution in [0, 0.1) is 5.41 Å².